The predicted molar refractivity (Wildman–Crippen MR) is 120 cm³/mol. The number of carbonyl (C=O) groups is 1. The molecule has 158 valence electrons. The molecule has 31 heavy (non-hydrogen) atoms. The molecule has 1 aromatic heterocycles. The summed E-state index contributed by atoms with van der Waals surface area (Å²) >= 11 is 0. The third-order valence-electron chi connectivity index (χ3n) is 5.11. The van der Waals surface area contributed by atoms with E-state index in [-0.39, 0.29) is 5.91 Å². The molecule has 0 aliphatic rings. The number of ether oxygens (including phenoxy) is 3. The van der Waals surface area contributed by atoms with Gasteiger partial charge in [-0.05, 0) is 48.9 Å². The number of nitrogens with one attached hydrogen (secondary N) is 1. The number of para-hydroxylation sites is 1. The average molecular weight is 417 g/mol. The third-order valence-corrected chi connectivity index (χ3v) is 5.11. The maximum Gasteiger partial charge on any atom is 0.255 e. The molecule has 0 fully saturated rings. The van der Waals surface area contributed by atoms with Crippen LogP contribution in [0.15, 0.2) is 60.9 Å². The second kappa shape index (κ2) is 8.39. The highest BCUT2D eigenvalue weighted by Gasteiger charge is 2.17. The summed E-state index contributed by atoms with van der Waals surface area (Å²) in [6, 6.07) is 17.0. The molecule has 0 radical (unpaired) electrons. The van der Waals surface area contributed by atoms with Crippen molar-refractivity contribution < 1.29 is 19.0 Å². The second-order valence-corrected chi connectivity index (χ2v) is 6.97. The van der Waals surface area contributed by atoms with Crippen molar-refractivity contribution in [2.75, 3.05) is 26.6 Å². The monoisotopic (exact) mass is 417 g/mol. The number of anilines is 1. The lowest BCUT2D eigenvalue weighted by Gasteiger charge is -2.14. The van der Waals surface area contributed by atoms with Crippen LogP contribution in [-0.2, 0) is 0 Å². The zero-order valence-corrected chi connectivity index (χ0v) is 17.8. The molecule has 0 saturated carbocycles. The Balaban J connectivity index is 1.64. The van der Waals surface area contributed by atoms with Crippen LogP contribution < -0.4 is 19.5 Å². The van der Waals surface area contributed by atoms with Crippen LogP contribution in [0.2, 0.25) is 0 Å². The van der Waals surface area contributed by atoms with Crippen LogP contribution in [0, 0.1) is 6.92 Å². The minimum atomic E-state index is -0.295. The van der Waals surface area contributed by atoms with Gasteiger partial charge in [0.25, 0.3) is 5.91 Å². The van der Waals surface area contributed by atoms with Crippen molar-refractivity contribution in [3.05, 3.63) is 72.1 Å². The van der Waals surface area contributed by atoms with Crippen LogP contribution >= 0.6 is 0 Å². The number of aryl methyl sites for hydroxylation is 1. The Hall–Kier alpha value is -4.00. The van der Waals surface area contributed by atoms with Gasteiger partial charge in [0, 0.05) is 11.3 Å². The van der Waals surface area contributed by atoms with Crippen molar-refractivity contribution in [2.45, 2.75) is 6.92 Å². The molecule has 7 heteroatoms. The molecule has 4 aromatic rings. The number of nitrogens with zero attached hydrogens (tertiary/aromatic N) is 2. The molecule has 3 aromatic carbocycles. The fraction of sp³-hybridized carbons (Fsp3) is 0.167. The second-order valence-electron chi connectivity index (χ2n) is 6.97. The molecule has 1 amide bonds. The Bertz CT molecular complexity index is 1240. The summed E-state index contributed by atoms with van der Waals surface area (Å²) in [4.78, 5) is 17.4. The number of hydrogen-bond acceptors (Lipinski definition) is 5. The van der Waals surface area contributed by atoms with Crippen LogP contribution in [0.4, 0.5) is 5.69 Å². The standard InChI is InChI=1S/C24H23N3O4/c1-15-7-5-6-8-19(15)27-14-25-18-13-17(9-10-20(18)27)26-24(28)16-11-21(29-2)23(31-4)22(12-16)30-3/h5-14H,1-4H3,(H,26,28). The zero-order valence-electron chi connectivity index (χ0n) is 17.8. The van der Waals surface area contributed by atoms with Crippen LogP contribution in [0.3, 0.4) is 0 Å². The summed E-state index contributed by atoms with van der Waals surface area (Å²) in [5, 5.41) is 2.91. The van der Waals surface area contributed by atoms with Gasteiger partial charge in [0.15, 0.2) is 11.5 Å². The number of imidazole rings is 1. The van der Waals surface area contributed by atoms with Gasteiger partial charge in [-0.2, -0.15) is 0 Å². The molecule has 0 spiro atoms. The first-order chi connectivity index (χ1) is 15.0. The van der Waals surface area contributed by atoms with Gasteiger partial charge >= 0.3 is 0 Å². The van der Waals surface area contributed by atoms with E-state index < -0.39 is 0 Å². The summed E-state index contributed by atoms with van der Waals surface area (Å²) in [7, 11) is 4.54. The molecular weight excluding hydrogens is 394 g/mol. The first-order valence-electron chi connectivity index (χ1n) is 9.70. The van der Waals surface area contributed by atoms with Crippen molar-refractivity contribution in [1.82, 2.24) is 9.55 Å². The summed E-state index contributed by atoms with van der Waals surface area (Å²) in [6.07, 6.45) is 1.79. The van der Waals surface area contributed by atoms with E-state index in [9.17, 15) is 4.79 Å². The van der Waals surface area contributed by atoms with E-state index in [2.05, 4.69) is 29.4 Å². The highest BCUT2D eigenvalue weighted by Crippen LogP contribution is 2.38. The number of fused-ring (bicyclic) bond motifs is 1. The third kappa shape index (κ3) is 3.77. The smallest absolute Gasteiger partial charge is 0.255 e. The van der Waals surface area contributed by atoms with Crippen LogP contribution in [-0.4, -0.2) is 36.8 Å². The number of hydrogen-bond donors (Lipinski definition) is 1. The van der Waals surface area contributed by atoms with E-state index in [4.69, 9.17) is 14.2 Å². The van der Waals surface area contributed by atoms with E-state index in [1.165, 1.54) is 21.3 Å². The van der Waals surface area contributed by atoms with E-state index >= 15 is 0 Å². The fourth-order valence-corrected chi connectivity index (χ4v) is 3.53. The molecule has 0 aliphatic heterocycles. The highest BCUT2D eigenvalue weighted by atomic mass is 16.5. The van der Waals surface area contributed by atoms with Crippen molar-refractivity contribution in [3.8, 4) is 22.9 Å². The number of benzene rings is 3. The zero-order chi connectivity index (χ0) is 22.0. The maximum absolute atomic E-state index is 12.9. The Morgan fingerprint density at radius 1 is 0.935 bits per heavy atom. The van der Waals surface area contributed by atoms with Crippen molar-refractivity contribution in [3.63, 3.8) is 0 Å². The number of rotatable bonds is 6. The van der Waals surface area contributed by atoms with E-state index in [0.29, 0.717) is 28.5 Å². The summed E-state index contributed by atoms with van der Waals surface area (Å²) in [5.74, 6) is 0.973. The normalized spacial score (nSPS) is 10.7. The number of methoxy groups -OCH3 is 3. The molecule has 0 saturated heterocycles. The van der Waals surface area contributed by atoms with Crippen molar-refractivity contribution in [1.29, 1.82) is 0 Å². The quantitative estimate of drug-likeness (QED) is 0.496. The first kappa shape index (κ1) is 20.3. The molecule has 0 unspecified atom stereocenters. The minimum absolute atomic E-state index is 0.295. The molecule has 4 rings (SSSR count). The van der Waals surface area contributed by atoms with Gasteiger partial charge in [0.2, 0.25) is 5.75 Å². The summed E-state index contributed by atoms with van der Waals surface area (Å²) in [5.41, 5.74) is 4.99. The van der Waals surface area contributed by atoms with Gasteiger partial charge in [-0.3, -0.25) is 9.36 Å². The Morgan fingerprint density at radius 3 is 2.29 bits per heavy atom. The van der Waals surface area contributed by atoms with Gasteiger partial charge in [-0.25, -0.2) is 4.98 Å². The Labute approximate surface area is 180 Å². The first-order valence-corrected chi connectivity index (χ1v) is 9.70. The van der Waals surface area contributed by atoms with E-state index in [1.807, 2.05) is 34.9 Å². The highest BCUT2D eigenvalue weighted by molar-refractivity contribution is 6.05. The van der Waals surface area contributed by atoms with Gasteiger partial charge < -0.3 is 19.5 Å². The molecule has 0 atom stereocenters. The molecule has 0 bridgehead atoms. The molecular formula is C24H23N3O4. The molecule has 0 aliphatic carbocycles. The Morgan fingerprint density at radius 2 is 1.65 bits per heavy atom. The van der Waals surface area contributed by atoms with Gasteiger partial charge in [-0.15, -0.1) is 0 Å². The van der Waals surface area contributed by atoms with Crippen molar-refractivity contribution in [2.24, 2.45) is 0 Å². The van der Waals surface area contributed by atoms with E-state index in [1.54, 1.807) is 18.5 Å². The summed E-state index contributed by atoms with van der Waals surface area (Å²) in [6.45, 7) is 2.06. The van der Waals surface area contributed by atoms with Gasteiger partial charge in [0.1, 0.15) is 6.33 Å². The van der Waals surface area contributed by atoms with Crippen LogP contribution in [0.5, 0.6) is 17.2 Å². The molecule has 1 N–H and O–H groups in total. The minimum Gasteiger partial charge on any atom is -0.493 e. The van der Waals surface area contributed by atoms with Crippen molar-refractivity contribution >= 4 is 22.6 Å². The number of carbonyl (C=O) groups excluding carboxylic acids is 1. The number of aromatic nitrogens is 2. The van der Waals surface area contributed by atoms with Gasteiger partial charge in [-0.1, -0.05) is 18.2 Å². The fourth-order valence-electron chi connectivity index (χ4n) is 3.53. The van der Waals surface area contributed by atoms with E-state index in [0.717, 1.165) is 22.3 Å². The Kier molecular flexibility index (Phi) is 5.49. The lowest BCUT2D eigenvalue weighted by atomic mass is 10.1. The van der Waals surface area contributed by atoms with Crippen LogP contribution in [0.1, 0.15) is 15.9 Å². The maximum atomic E-state index is 12.9. The molecule has 7 nitrogen and oxygen atoms in total. The average Bonchev–Trinajstić information content (AvgIpc) is 3.21. The predicted octanol–water partition coefficient (Wildman–Crippen LogP) is 4.61. The number of amides is 1. The lowest BCUT2D eigenvalue weighted by Crippen LogP contribution is -2.12. The topological polar surface area (TPSA) is 74.6 Å². The van der Waals surface area contributed by atoms with Gasteiger partial charge in [0.05, 0.1) is 38.1 Å². The SMILES string of the molecule is COc1cc(C(=O)Nc2ccc3c(c2)ncn3-c2ccccc2C)cc(OC)c1OC. The lowest BCUT2D eigenvalue weighted by molar-refractivity contribution is 0.102. The summed E-state index contributed by atoms with van der Waals surface area (Å²) < 4.78 is 18.0. The van der Waals surface area contributed by atoms with Crippen LogP contribution in [0.25, 0.3) is 16.7 Å². The largest absolute Gasteiger partial charge is 0.493 e. The molecule has 1 heterocycles.